The molecule has 2 rings (SSSR count). The number of carboxylic acid groups (broad SMARTS) is 1. The number of benzene rings is 2. The summed E-state index contributed by atoms with van der Waals surface area (Å²) in [7, 11) is -3.53. The van der Waals surface area contributed by atoms with E-state index in [0.29, 0.717) is 12.0 Å². The predicted octanol–water partition coefficient (Wildman–Crippen LogP) is 2.89. The summed E-state index contributed by atoms with van der Waals surface area (Å²) in [5.41, 5.74) is 0.688. The lowest BCUT2D eigenvalue weighted by atomic mass is 10.0. The lowest BCUT2D eigenvalue weighted by Crippen LogP contribution is -2.41. The molecule has 0 spiro atoms. The average molecular weight is 389 g/mol. The Bertz CT molecular complexity index is 907. The minimum atomic E-state index is -3.53. The van der Waals surface area contributed by atoms with Gasteiger partial charge in [0.1, 0.15) is 6.04 Å². The molecule has 6 nitrogen and oxygen atoms in total. The Kier molecular flexibility index (Phi) is 6.74. The molecule has 1 atom stereocenters. The number of carbonyl (C=O) groups excluding carboxylic acids is 1. The lowest BCUT2D eigenvalue weighted by Gasteiger charge is -2.16. The smallest absolute Gasteiger partial charge is 0.326 e. The molecule has 0 aromatic heterocycles. The number of hydrogen-bond donors (Lipinski definition) is 2. The van der Waals surface area contributed by atoms with Crippen molar-refractivity contribution in [2.24, 2.45) is 5.92 Å². The standard InChI is InChI=1S/C20H23NO5S/c1-14(2)11-18(20(23)24)21-19(22)16-8-6-7-15(12-16)13-27(25,26)17-9-4-3-5-10-17/h3-10,12,14,18H,11,13H2,1-2H3,(H,21,22)(H,23,24)/t18-/m0/s1. The summed E-state index contributed by atoms with van der Waals surface area (Å²) in [5.74, 6) is -1.78. The molecule has 0 aliphatic carbocycles. The molecule has 144 valence electrons. The maximum absolute atomic E-state index is 12.5. The van der Waals surface area contributed by atoms with Crippen molar-refractivity contribution in [1.29, 1.82) is 0 Å². The van der Waals surface area contributed by atoms with Gasteiger partial charge in [-0.3, -0.25) is 4.79 Å². The maximum atomic E-state index is 12.5. The zero-order valence-electron chi connectivity index (χ0n) is 15.3. The molecule has 0 bridgehead atoms. The largest absolute Gasteiger partial charge is 0.480 e. The molecule has 0 aliphatic rings. The number of nitrogens with one attached hydrogen (secondary N) is 1. The van der Waals surface area contributed by atoms with Gasteiger partial charge in [0.2, 0.25) is 0 Å². The number of aliphatic carboxylic acids is 1. The van der Waals surface area contributed by atoms with Crippen molar-refractivity contribution in [3.63, 3.8) is 0 Å². The number of carboxylic acids is 1. The van der Waals surface area contributed by atoms with Gasteiger partial charge in [-0.25, -0.2) is 13.2 Å². The molecule has 0 aliphatic heterocycles. The van der Waals surface area contributed by atoms with Gasteiger partial charge in [0, 0.05) is 5.56 Å². The fraction of sp³-hybridized carbons (Fsp3) is 0.300. The van der Waals surface area contributed by atoms with Crippen molar-refractivity contribution in [3.05, 3.63) is 65.7 Å². The zero-order chi connectivity index (χ0) is 20.0. The highest BCUT2D eigenvalue weighted by molar-refractivity contribution is 7.90. The van der Waals surface area contributed by atoms with Crippen molar-refractivity contribution in [2.75, 3.05) is 0 Å². The SMILES string of the molecule is CC(C)C[C@H](NC(=O)c1cccc(CS(=O)(=O)c2ccccc2)c1)C(=O)O. The third kappa shape index (κ3) is 5.92. The molecule has 0 fully saturated rings. The Morgan fingerprint density at radius 2 is 1.70 bits per heavy atom. The average Bonchev–Trinajstić information content (AvgIpc) is 2.61. The van der Waals surface area contributed by atoms with Crippen molar-refractivity contribution < 1.29 is 23.1 Å². The topological polar surface area (TPSA) is 101 Å². The summed E-state index contributed by atoms with van der Waals surface area (Å²) >= 11 is 0. The van der Waals surface area contributed by atoms with Crippen molar-refractivity contribution in [3.8, 4) is 0 Å². The van der Waals surface area contributed by atoms with Crippen LogP contribution in [0.3, 0.4) is 0 Å². The second kappa shape index (κ2) is 8.81. The van der Waals surface area contributed by atoms with Crippen LogP contribution in [-0.2, 0) is 20.4 Å². The summed E-state index contributed by atoms with van der Waals surface area (Å²) in [6, 6.07) is 13.3. The molecule has 2 aromatic carbocycles. The number of carbonyl (C=O) groups is 2. The third-order valence-electron chi connectivity index (χ3n) is 3.96. The number of sulfone groups is 1. The highest BCUT2D eigenvalue weighted by Crippen LogP contribution is 2.17. The second-order valence-corrected chi connectivity index (χ2v) is 8.76. The van der Waals surface area contributed by atoms with Gasteiger partial charge < -0.3 is 10.4 Å². The van der Waals surface area contributed by atoms with E-state index in [1.165, 1.54) is 24.3 Å². The van der Waals surface area contributed by atoms with Gasteiger partial charge in [0.25, 0.3) is 5.91 Å². The van der Waals surface area contributed by atoms with Gasteiger partial charge in [-0.05, 0) is 42.2 Å². The van der Waals surface area contributed by atoms with E-state index in [0.717, 1.165) is 0 Å². The Morgan fingerprint density at radius 1 is 1.04 bits per heavy atom. The molecule has 0 saturated heterocycles. The first-order chi connectivity index (χ1) is 12.7. The molecule has 2 aromatic rings. The van der Waals surface area contributed by atoms with E-state index in [4.69, 9.17) is 0 Å². The highest BCUT2D eigenvalue weighted by atomic mass is 32.2. The first kappa shape index (κ1) is 20.6. The molecular weight excluding hydrogens is 366 g/mol. The van der Waals surface area contributed by atoms with E-state index in [9.17, 15) is 23.1 Å². The Labute approximate surface area is 159 Å². The summed E-state index contributed by atoms with van der Waals surface area (Å²) in [4.78, 5) is 23.9. The summed E-state index contributed by atoms with van der Waals surface area (Å²) in [6.45, 7) is 3.74. The number of amides is 1. The Morgan fingerprint density at radius 3 is 2.30 bits per heavy atom. The quantitative estimate of drug-likeness (QED) is 0.723. The van der Waals surface area contributed by atoms with Gasteiger partial charge in [0.15, 0.2) is 9.84 Å². The van der Waals surface area contributed by atoms with Crippen molar-refractivity contribution in [2.45, 2.75) is 37.0 Å². The minimum Gasteiger partial charge on any atom is -0.480 e. The van der Waals surface area contributed by atoms with Crippen molar-refractivity contribution >= 4 is 21.7 Å². The molecule has 0 radical (unpaired) electrons. The molecule has 1 amide bonds. The molecule has 7 heteroatoms. The van der Waals surface area contributed by atoms with E-state index < -0.39 is 27.8 Å². The molecule has 0 unspecified atom stereocenters. The molecule has 0 saturated carbocycles. The fourth-order valence-corrected chi connectivity index (χ4v) is 4.02. The minimum absolute atomic E-state index is 0.105. The van der Waals surface area contributed by atoms with Crippen LogP contribution in [0.1, 0.15) is 36.2 Å². The van der Waals surface area contributed by atoms with Crippen LogP contribution < -0.4 is 5.32 Å². The first-order valence-electron chi connectivity index (χ1n) is 8.59. The van der Waals surface area contributed by atoms with Gasteiger partial charge in [-0.1, -0.05) is 44.2 Å². The highest BCUT2D eigenvalue weighted by Gasteiger charge is 2.22. The summed E-state index contributed by atoms with van der Waals surface area (Å²) in [6.07, 6.45) is 0.309. The summed E-state index contributed by atoms with van der Waals surface area (Å²) in [5, 5.41) is 11.8. The van der Waals surface area contributed by atoms with E-state index in [1.54, 1.807) is 30.3 Å². The molecule has 0 heterocycles. The van der Waals surface area contributed by atoms with Crippen LogP contribution in [0, 0.1) is 5.92 Å². The second-order valence-electron chi connectivity index (χ2n) is 6.77. The van der Waals surface area contributed by atoms with Crippen LogP contribution in [0.15, 0.2) is 59.5 Å². The van der Waals surface area contributed by atoms with Crippen LogP contribution in [0.5, 0.6) is 0 Å². The van der Waals surface area contributed by atoms with E-state index in [-0.39, 0.29) is 22.1 Å². The van der Waals surface area contributed by atoms with Crippen LogP contribution in [0.4, 0.5) is 0 Å². The van der Waals surface area contributed by atoms with Crippen LogP contribution in [0.25, 0.3) is 0 Å². The first-order valence-corrected chi connectivity index (χ1v) is 10.2. The Hall–Kier alpha value is -2.67. The predicted molar refractivity (Wildman–Crippen MR) is 102 cm³/mol. The Balaban J connectivity index is 2.17. The van der Waals surface area contributed by atoms with E-state index in [2.05, 4.69) is 5.32 Å². The van der Waals surface area contributed by atoms with Crippen LogP contribution in [0.2, 0.25) is 0 Å². The molecular formula is C20H23NO5S. The molecule has 2 N–H and O–H groups in total. The van der Waals surface area contributed by atoms with E-state index in [1.807, 2.05) is 13.8 Å². The number of rotatable bonds is 8. The fourth-order valence-electron chi connectivity index (χ4n) is 2.67. The number of hydrogen-bond acceptors (Lipinski definition) is 4. The van der Waals surface area contributed by atoms with Crippen molar-refractivity contribution in [1.82, 2.24) is 5.32 Å². The lowest BCUT2D eigenvalue weighted by molar-refractivity contribution is -0.139. The monoisotopic (exact) mass is 389 g/mol. The van der Waals surface area contributed by atoms with Gasteiger partial charge in [-0.2, -0.15) is 0 Å². The van der Waals surface area contributed by atoms with Crippen LogP contribution in [-0.4, -0.2) is 31.4 Å². The molecule has 27 heavy (non-hydrogen) atoms. The normalized spacial score (nSPS) is 12.6. The van der Waals surface area contributed by atoms with Gasteiger partial charge in [0.05, 0.1) is 10.6 Å². The van der Waals surface area contributed by atoms with Gasteiger partial charge in [-0.15, -0.1) is 0 Å². The maximum Gasteiger partial charge on any atom is 0.326 e. The van der Waals surface area contributed by atoms with Gasteiger partial charge >= 0.3 is 5.97 Å². The zero-order valence-corrected chi connectivity index (χ0v) is 16.1. The third-order valence-corrected chi connectivity index (χ3v) is 5.66. The van der Waals surface area contributed by atoms with E-state index >= 15 is 0 Å². The summed E-state index contributed by atoms with van der Waals surface area (Å²) < 4.78 is 25.0. The van der Waals surface area contributed by atoms with Crippen LogP contribution >= 0.6 is 0 Å².